The SMILES string of the molecule is C=CCN1CCN(c2ccc(N3C/C(=C/NC(C)=O)OC3=O)cc2F)C=N1. The van der Waals surface area contributed by atoms with Crippen molar-refractivity contribution >= 4 is 29.7 Å². The topological polar surface area (TPSA) is 77.5 Å². The number of ether oxygens (including phenoxy) is 1. The van der Waals surface area contributed by atoms with Gasteiger partial charge in [-0.2, -0.15) is 5.10 Å². The average Bonchev–Trinajstić information content (AvgIpc) is 3.02. The van der Waals surface area contributed by atoms with E-state index in [1.165, 1.54) is 24.1 Å². The number of carbonyl (C=O) groups is 2. The molecular weight excluding hydrogens is 353 g/mol. The third-order valence-electron chi connectivity index (χ3n) is 4.03. The van der Waals surface area contributed by atoms with Crippen LogP contribution in [0.3, 0.4) is 0 Å². The van der Waals surface area contributed by atoms with Gasteiger partial charge in [0.05, 0.1) is 31.0 Å². The Morgan fingerprint density at radius 3 is 2.89 bits per heavy atom. The fraction of sp³-hybridized carbons (Fsp3) is 0.278. The highest BCUT2D eigenvalue weighted by molar-refractivity contribution is 5.92. The summed E-state index contributed by atoms with van der Waals surface area (Å²) in [7, 11) is 0. The molecule has 0 aliphatic carbocycles. The number of carbonyl (C=O) groups excluding carboxylic acids is 2. The summed E-state index contributed by atoms with van der Waals surface area (Å²) in [5, 5.41) is 8.52. The number of anilines is 2. The molecule has 1 fully saturated rings. The van der Waals surface area contributed by atoms with Crippen molar-refractivity contribution in [3.63, 3.8) is 0 Å². The molecule has 0 radical (unpaired) electrons. The van der Waals surface area contributed by atoms with Gasteiger partial charge in [0.1, 0.15) is 17.9 Å². The molecule has 0 atom stereocenters. The number of hydrogen-bond acceptors (Lipinski definition) is 6. The molecule has 1 aromatic rings. The van der Waals surface area contributed by atoms with Crippen LogP contribution in [0.15, 0.2) is 47.9 Å². The minimum atomic E-state index is -0.627. The first-order valence-corrected chi connectivity index (χ1v) is 8.39. The van der Waals surface area contributed by atoms with Gasteiger partial charge in [-0.25, -0.2) is 9.18 Å². The molecule has 1 saturated heterocycles. The summed E-state index contributed by atoms with van der Waals surface area (Å²) in [5.41, 5.74) is 0.747. The van der Waals surface area contributed by atoms with E-state index in [2.05, 4.69) is 17.0 Å². The Labute approximate surface area is 156 Å². The summed E-state index contributed by atoms with van der Waals surface area (Å²) in [6.07, 6.45) is 4.03. The van der Waals surface area contributed by atoms with Crippen LogP contribution in [-0.2, 0) is 9.53 Å². The highest BCUT2D eigenvalue weighted by atomic mass is 19.1. The summed E-state index contributed by atoms with van der Waals surface area (Å²) in [4.78, 5) is 25.9. The number of nitrogens with one attached hydrogen (secondary N) is 1. The van der Waals surface area contributed by atoms with E-state index in [-0.39, 0.29) is 18.2 Å². The summed E-state index contributed by atoms with van der Waals surface area (Å²) in [6.45, 7) is 7.00. The maximum Gasteiger partial charge on any atom is 0.419 e. The normalized spacial score (nSPS) is 18.1. The van der Waals surface area contributed by atoms with Gasteiger partial charge in [0.2, 0.25) is 5.91 Å². The van der Waals surface area contributed by atoms with Crippen molar-refractivity contribution in [2.75, 3.05) is 36.0 Å². The van der Waals surface area contributed by atoms with Gasteiger partial charge in [0.15, 0.2) is 0 Å². The molecule has 8 nitrogen and oxygen atoms in total. The smallest absolute Gasteiger partial charge is 0.411 e. The summed E-state index contributed by atoms with van der Waals surface area (Å²) >= 11 is 0. The molecule has 1 N–H and O–H groups in total. The number of nitrogens with zero attached hydrogens (tertiary/aromatic N) is 4. The van der Waals surface area contributed by atoms with Crippen molar-refractivity contribution in [3.8, 4) is 0 Å². The molecule has 2 aliphatic rings. The van der Waals surface area contributed by atoms with Crippen molar-refractivity contribution in [2.45, 2.75) is 6.92 Å². The van der Waals surface area contributed by atoms with Crippen molar-refractivity contribution in [1.82, 2.24) is 10.3 Å². The minimum Gasteiger partial charge on any atom is -0.411 e. The molecule has 27 heavy (non-hydrogen) atoms. The lowest BCUT2D eigenvalue weighted by Gasteiger charge is -2.29. The molecule has 2 amide bonds. The van der Waals surface area contributed by atoms with Crippen LogP contribution in [0.5, 0.6) is 0 Å². The number of benzene rings is 1. The number of hydrogen-bond donors (Lipinski definition) is 1. The van der Waals surface area contributed by atoms with E-state index in [4.69, 9.17) is 4.74 Å². The first-order chi connectivity index (χ1) is 13.0. The minimum absolute atomic E-state index is 0.111. The lowest BCUT2D eigenvalue weighted by molar-refractivity contribution is -0.118. The van der Waals surface area contributed by atoms with Crippen molar-refractivity contribution in [3.05, 3.63) is 48.6 Å². The van der Waals surface area contributed by atoms with E-state index < -0.39 is 11.9 Å². The monoisotopic (exact) mass is 373 g/mol. The lowest BCUT2D eigenvalue weighted by atomic mass is 10.2. The van der Waals surface area contributed by atoms with E-state index in [0.717, 1.165) is 0 Å². The Balaban J connectivity index is 1.73. The number of halogens is 1. The molecule has 0 unspecified atom stereocenters. The predicted octanol–water partition coefficient (Wildman–Crippen LogP) is 2.01. The Morgan fingerprint density at radius 1 is 1.44 bits per heavy atom. The van der Waals surface area contributed by atoms with Crippen LogP contribution in [0.2, 0.25) is 0 Å². The molecule has 9 heteroatoms. The van der Waals surface area contributed by atoms with Gasteiger partial charge in [-0.05, 0) is 18.2 Å². The second-order valence-corrected chi connectivity index (χ2v) is 6.03. The first kappa shape index (κ1) is 18.4. The lowest BCUT2D eigenvalue weighted by Crippen LogP contribution is -2.38. The number of cyclic esters (lactones) is 1. The van der Waals surface area contributed by atoms with Crippen molar-refractivity contribution in [1.29, 1.82) is 0 Å². The molecule has 2 heterocycles. The average molecular weight is 373 g/mol. The van der Waals surface area contributed by atoms with Gasteiger partial charge in [0, 0.05) is 19.7 Å². The Hall–Kier alpha value is -3.36. The highest BCUT2D eigenvalue weighted by Crippen LogP contribution is 2.28. The molecule has 2 aliphatic heterocycles. The zero-order valence-corrected chi connectivity index (χ0v) is 14.9. The zero-order valence-electron chi connectivity index (χ0n) is 14.9. The van der Waals surface area contributed by atoms with Crippen molar-refractivity contribution < 1.29 is 18.7 Å². The van der Waals surface area contributed by atoms with Gasteiger partial charge >= 0.3 is 6.09 Å². The van der Waals surface area contributed by atoms with Crippen LogP contribution in [0, 0.1) is 5.82 Å². The fourth-order valence-corrected chi connectivity index (χ4v) is 2.71. The number of hydrazone groups is 1. The summed E-state index contributed by atoms with van der Waals surface area (Å²) in [6, 6.07) is 4.52. The van der Waals surface area contributed by atoms with E-state index in [1.807, 2.05) is 5.01 Å². The first-order valence-electron chi connectivity index (χ1n) is 8.39. The van der Waals surface area contributed by atoms with Gasteiger partial charge in [-0.15, -0.1) is 6.58 Å². The molecular formula is C18H20FN5O3. The van der Waals surface area contributed by atoms with E-state index in [9.17, 15) is 14.0 Å². The molecule has 3 rings (SSSR count). The summed E-state index contributed by atoms with van der Waals surface area (Å²) < 4.78 is 19.7. The highest BCUT2D eigenvalue weighted by Gasteiger charge is 2.29. The Bertz CT molecular complexity index is 823. The summed E-state index contributed by atoms with van der Waals surface area (Å²) in [5.74, 6) is -0.462. The van der Waals surface area contributed by atoms with Crippen LogP contribution >= 0.6 is 0 Å². The Morgan fingerprint density at radius 2 is 2.26 bits per heavy atom. The van der Waals surface area contributed by atoms with Crippen LogP contribution in [-0.4, -0.2) is 49.5 Å². The van der Waals surface area contributed by atoms with E-state index in [1.54, 1.807) is 29.4 Å². The second kappa shape index (κ2) is 7.90. The van der Waals surface area contributed by atoms with Gasteiger partial charge in [-0.1, -0.05) is 6.08 Å². The maximum absolute atomic E-state index is 14.6. The van der Waals surface area contributed by atoms with Crippen LogP contribution in [0.25, 0.3) is 0 Å². The zero-order chi connectivity index (χ0) is 19.4. The third kappa shape index (κ3) is 4.25. The number of rotatable bonds is 5. The van der Waals surface area contributed by atoms with Crippen LogP contribution in [0.4, 0.5) is 20.6 Å². The van der Waals surface area contributed by atoms with Gasteiger partial charge in [-0.3, -0.25) is 14.7 Å². The molecule has 1 aromatic carbocycles. The standard InChI is InChI=1S/C18H20FN5O3/c1-3-6-23-8-7-22(12-21-23)17-5-4-14(9-16(17)19)24-11-15(27-18(24)26)10-20-13(2)25/h3-5,9-10,12H,1,6-8,11H2,2H3,(H,20,25)/b15-10-. The Kier molecular flexibility index (Phi) is 5.39. The molecule has 0 saturated carbocycles. The second-order valence-electron chi connectivity index (χ2n) is 6.03. The van der Waals surface area contributed by atoms with E-state index >= 15 is 0 Å². The van der Waals surface area contributed by atoms with Gasteiger partial charge < -0.3 is 15.0 Å². The quantitative estimate of drug-likeness (QED) is 0.799. The van der Waals surface area contributed by atoms with Crippen LogP contribution < -0.4 is 15.1 Å². The third-order valence-corrected chi connectivity index (χ3v) is 4.03. The molecule has 0 spiro atoms. The maximum atomic E-state index is 14.6. The molecule has 142 valence electrons. The molecule has 0 aromatic heterocycles. The van der Waals surface area contributed by atoms with E-state index in [0.29, 0.717) is 31.0 Å². The van der Waals surface area contributed by atoms with Crippen LogP contribution in [0.1, 0.15) is 6.92 Å². The predicted molar refractivity (Wildman–Crippen MR) is 99.7 cm³/mol. The van der Waals surface area contributed by atoms with Crippen molar-refractivity contribution in [2.24, 2.45) is 5.10 Å². The van der Waals surface area contributed by atoms with Gasteiger partial charge in [0.25, 0.3) is 0 Å². The molecule has 0 bridgehead atoms. The largest absolute Gasteiger partial charge is 0.419 e. The number of amides is 2. The fourth-order valence-electron chi connectivity index (χ4n) is 2.71.